The second kappa shape index (κ2) is 10.1. The van der Waals surface area contributed by atoms with Gasteiger partial charge in [-0.2, -0.15) is 0 Å². The molecule has 33 heavy (non-hydrogen) atoms. The molecule has 0 atom stereocenters. The molecular formula is C25H25FN4O3. The highest BCUT2D eigenvalue weighted by atomic mass is 19.1. The van der Waals surface area contributed by atoms with E-state index in [1.165, 1.54) is 29.0 Å². The van der Waals surface area contributed by atoms with Crippen LogP contribution in [0.4, 0.5) is 15.8 Å². The molecule has 1 aliphatic rings. The Morgan fingerprint density at radius 1 is 0.970 bits per heavy atom. The molecule has 2 aromatic carbocycles. The second-order valence-corrected chi connectivity index (χ2v) is 7.93. The molecule has 0 unspecified atom stereocenters. The van der Waals surface area contributed by atoms with E-state index < -0.39 is 23.2 Å². The van der Waals surface area contributed by atoms with Gasteiger partial charge in [-0.15, -0.1) is 0 Å². The first-order chi connectivity index (χ1) is 16.0. The number of pyridine rings is 1. The molecule has 0 aliphatic carbocycles. The molecule has 1 aliphatic heterocycles. The number of anilines is 2. The van der Waals surface area contributed by atoms with Crippen molar-refractivity contribution in [1.29, 1.82) is 0 Å². The van der Waals surface area contributed by atoms with Crippen molar-refractivity contribution in [3.8, 4) is 0 Å². The number of aromatic nitrogens is 1. The molecule has 3 aromatic rings. The topological polar surface area (TPSA) is 83.4 Å². The maximum absolute atomic E-state index is 13.8. The van der Waals surface area contributed by atoms with E-state index in [1.54, 1.807) is 12.1 Å². The number of carbonyl (C=O) groups excluding carboxylic acids is 2. The van der Waals surface area contributed by atoms with Gasteiger partial charge >= 0.3 is 0 Å². The number of nitrogens with one attached hydrogen (secondary N) is 2. The van der Waals surface area contributed by atoms with E-state index in [1.807, 2.05) is 30.3 Å². The molecule has 8 heteroatoms. The van der Waals surface area contributed by atoms with Crippen LogP contribution >= 0.6 is 0 Å². The quantitative estimate of drug-likeness (QED) is 0.582. The van der Waals surface area contributed by atoms with Gasteiger partial charge in [0.05, 0.1) is 11.4 Å². The lowest BCUT2D eigenvalue weighted by atomic mass is 10.2. The standard InChI is InChI=1S/C25H25FN4O3/c26-19-10-11-22(29-12-4-5-13-29)21(15-19)28-23(31)17-30-14-6-9-20(25(30)33)24(32)27-16-18-7-2-1-3-8-18/h1-3,6-11,14-15H,4-5,12-13,16-17H2,(H,27,32)(H,28,31). The van der Waals surface area contributed by atoms with Crippen LogP contribution < -0.4 is 21.1 Å². The van der Waals surface area contributed by atoms with Crippen LogP contribution in [0.5, 0.6) is 0 Å². The zero-order valence-corrected chi connectivity index (χ0v) is 18.1. The highest BCUT2D eigenvalue weighted by Gasteiger charge is 2.19. The predicted octanol–water partition coefficient (Wildman–Crippen LogP) is 3.16. The summed E-state index contributed by atoms with van der Waals surface area (Å²) in [6, 6.07) is 16.6. The Morgan fingerprint density at radius 3 is 2.48 bits per heavy atom. The summed E-state index contributed by atoms with van der Waals surface area (Å²) >= 11 is 0. The third kappa shape index (κ3) is 5.46. The third-order valence-electron chi connectivity index (χ3n) is 5.55. The number of nitrogens with zero attached hydrogens (tertiary/aromatic N) is 2. The van der Waals surface area contributed by atoms with E-state index in [2.05, 4.69) is 15.5 Å². The Hall–Kier alpha value is -3.94. The summed E-state index contributed by atoms with van der Waals surface area (Å²) in [6.45, 7) is 1.67. The van der Waals surface area contributed by atoms with E-state index in [0.29, 0.717) is 5.69 Å². The van der Waals surface area contributed by atoms with Crippen molar-refractivity contribution in [2.45, 2.75) is 25.9 Å². The van der Waals surface area contributed by atoms with Crippen LogP contribution in [-0.2, 0) is 17.9 Å². The highest BCUT2D eigenvalue weighted by Crippen LogP contribution is 2.29. The van der Waals surface area contributed by atoms with Crippen molar-refractivity contribution in [1.82, 2.24) is 9.88 Å². The molecule has 1 fully saturated rings. The molecule has 1 aromatic heterocycles. The fourth-order valence-electron chi connectivity index (χ4n) is 3.89. The van der Waals surface area contributed by atoms with Gasteiger partial charge in [-0.05, 0) is 48.7 Å². The molecule has 2 amide bonds. The number of hydrogen-bond acceptors (Lipinski definition) is 4. The lowest BCUT2D eigenvalue weighted by molar-refractivity contribution is -0.116. The zero-order chi connectivity index (χ0) is 23.2. The first kappa shape index (κ1) is 22.3. The van der Waals surface area contributed by atoms with Gasteiger partial charge in [0, 0.05) is 25.8 Å². The fraction of sp³-hybridized carbons (Fsp3) is 0.240. The van der Waals surface area contributed by atoms with Crippen LogP contribution in [0.2, 0.25) is 0 Å². The average Bonchev–Trinajstić information content (AvgIpc) is 3.34. The zero-order valence-electron chi connectivity index (χ0n) is 18.1. The molecule has 7 nitrogen and oxygen atoms in total. The Bertz CT molecular complexity index is 1200. The summed E-state index contributed by atoms with van der Waals surface area (Å²) in [5, 5.41) is 5.44. The van der Waals surface area contributed by atoms with Gasteiger partial charge in [0.1, 0.15) is 17.9 Å². The van der Waals surface area contributed by atoms with Crippen molar-refractivity contribution in [2.24, 2.45) is 0 Å². The lowest BCUT2D eigenvalue weighted by Crippen LogP contribution is -2.34. The van der Waals surface area contributed by atoms with Crippen molar-refractivity contribution >= 4 is 23.2 Å². The van der Waals surface area contributed by atoms with Gasteiger partial charge in [-0.1, -0.05) is 30.3 Å². The highest BCUT2D eigenvalue weighted by molar-refractivity contribution is 5.95. The van der Waals surface area contributed by atoms with Gasteiger partial charge in [0.2, 0.25) is 5.91 Å². The minimum absolute atomic E-state index is 0.0512. The molecule has 0 bridgehead atoms. The Morgan fingerprint density at radius 2 is 1.73 bits per heavy atom. The number of hydrogen-bond donors (Lipinski definition) is 2. The maximum Gasteiger partial charge on any atom is 0.263 e. The summed E-state index contributed by atoms with van der Waals surface area (Å²) in [4.78, 5) is 40.1. The van der Waals surface area contributed by atoms with E-state index in [-0.39, 0.29) is 18.7 Å². The normalized spacial score (nSPS) is 13.1. The second-order valence-electron chi connectivity index (χ2n) is 7.93. The predicted molar refractivity (Wildman–Crippen MR) is 125 cm³/mol. The molecule has 170 valence electrons. The van der Waals surface area contributed by atoms with Crippen molar-refractivity contribution in [3.05, 3.63) is 94.2 Å². The number of amides is 2. The van der Waals surface area contributed by atoms with Crippen LogP contribution in [0.15, 0.2) is 71.7 Å². The summed E-state index contributed by atoms with van der Waals surface area (Å²) < 4.78 is 15.0. The van der Waals surface area contributed by atoms with Crippen molar-refractivity contribution in [3.63, 3.8) is 0 Å². The minimum atomic E-state index is -0.572. The summed E-state index contributed by atoms with van der Waals surface area (Å²) in [5.41, 5.74) is 1.41. The molecule has 2 heterocycles. The van der Waals surface area contributed by atoms with Crippen molar-refractivity contribution in [2.75, 3.05) is 23.3 Å². The van der Waals surface area contributed by atoms with Crippen LogP contribution in [0.25, 0.3) is 0 Å². The van der Waals surface area contributed by atoms with Crippen LogP contribution in [0.1, 0.15) is 28.8 Å². The van der Waals surface area contributed by atoms with Gasteiger partial charge in [-0.25, -0.2) is 4.39 Å². The van der Waals surface area contributed by atoms with Crippen LogP contribution in [0.3, 0.4) is 0 Å². The number of halogens is 1. The molecule has 0 radical (unpaired) electrons. The third-order valence-corrected chi connectivity index (χ3v) is 5.55. The van der Waals surface area contributed by atoms with E-state index >= 15 is 0 Å². The van der Waals surface area contributed by atoms with Gasteiger partial charge < -0.3 is 20.1 Å². The van der Waals surface area contributed by atoms with E-state index in [4.69, 9.17) is 0 Å². The Balaban J connectivity index is 1.45. The molecule has 0 spiro atoms. The van der Waals surface area contributed by atoms with Crippen molar-refractivity contribution < 1.29 is 14.0 Å². The molecular weight excluding hydrogens is 423 g/mol. The molecule has 4 rings (SSSR count). The number of rotatable bonds is 7. The molecule has 0 saturated carbocycles. The van der Waals surface area contributed by atoms with Crippen LogP contribution in [0, 0.1) is 5.82 Å². The summed E-state index contributed by atoms with van der Waals surface area (Å²) in [7, 11) is 0. The fourth-order valence-corrected chi connectivity index (χ4v) is 3.89. The van der Waals surface area contributed by atoms with Gasteiger partial charge in [0.25, 0.3) is 11.5 Å². The number of benzene rings is 2. The average molecular weight is 448 g/mol. The van der Waals surface area contributed by atoms with Gasteiger partial charge in [-0.3, -0.25) is 14.4 Å². The Labute approximate surface area is 190 Å². The first-order valence-electron chi connectivity index (χ1n) is 10.9. The molecule has 2 N–H and O–H groups in total. The molecule has 1 saturated heterocycles. The number of carbonyl (C=O) groups is 2. The Kier molecular flexibility index (Phi) is 6.83. The largest absolute Gasteiger partial charge is 0.370 e. The summed E-state index contributed by atoms with van der Waals surface area (Å²) in [5.74, 6) is -1.45. The SMILES string of the molecule is O=C(Cn1cccc(C(=O)NCc2ccccc2)c1=O)Nc1cc(F)ccc1N1CCCC1. The monoisotopic (exact) mass is 448 g/mol. The lowest BCUT2D eigenvalue weighted by Gasteiger charge is -2.21. The van der Waals surface area contributed by atoms with E-state index in [0.717, 1.165) is 37.2 Å². The first-order valence-corrected chi connectivity index (χ1v) is 10.9. The minimum Gasteiger partial charge on any atom is -0.370 e. The van der Waals surface area contributed by atoms with Gasteiger partial charge in [0.15, 0.2) is 0 Å². The smallest absolute Gasteiger partial charge is 0.263 e. The van der Waals surface area contributed by atoms with Crippen LogP contribution in [-0.4, -0.2) is 29.5 Å². The summed E-state index contributed by atoms with van der Waals surface area (Å²) in [6.07, 6.45) is 3.53. The maximum atomic E-state index is 13.8. The van der Waals surface area contributed by atoms with E-state index in [9.17, 15) is 18.8 Å².